The molecule has 0 bridgehead atoms. The molecule has 4 heterocycles. The third-order valence-corrected chi connectivity index (χ3v) is 5.10. The summed E-state index contributed by atoms with van der Waals surface area (Å²) in [5.41, 5.74) is 2.55. The number of aromatic nitrogens is 1. The molecule has 0 amide bonds. The molecule has 1 unspecified atom stereocenters. The first-order chi connectivity index (χ1) is 10.4. The molecule has 21 heavy (non-hydrogen) atoms. The van der Waals surface area contributed by atoms with Crippen LogP contribution >= 0.6 is 0 Å². The Morgan fingerprint density at radius 3 is 2.86 bits per heavy atom. The highest BCUT2D eigenvalue weighted by molar-refractivity contribution is 5.25. The Hall–Kier alpha value is -0.910. The van der Waals surface area contributed by atoms with Crippen LogP contribution in [-0.2, 0) is 24.2 Å². The van der Waals surface area contributed by atoms with Gasteiger partial charge in [0.2, 0.25) is 0 Å². The molecule has 0 N–H and O–H groups in total. The number of rotatable bonds is 4. The van der Waals surface area contributed by atoms with Gasteiger partial charge in [0.1, 0.15) is 11.5 Å². The van der Waals surface area contributed by atoms with Gasteiger partial charge in [-0.15, -0.1) is 0 Å². The molecule has 5 heteroatoms. The van der Waals surface area contributed by atoms with Crippen LogP contribution in [0.3, 0.4) is 0 Å². The second kappa shape index (κ2) is 6.07. The van der Waals surface area contributed by atoms with E-state index >= 15 is 0 Å². The molecule has 1 atom stereocenters. The second-order valence-electron chi connectivity index (χ2n) is 6.73. The zero-order valence-electron chi connectivity index (χ0n) is 12.7. The average molecular weight is 291 g/mol. The fourth-order valence-corrected chi connectivity index (χ4v) is 3.84. The SMILES string of the molecule is C1CCN(Cc2noc3c2CN(CC2CCOC2)CC3)C1. The summed E-state index contributed by atoms with van der Waals surface area (Å²) in [5.74, 6) is 1.84. The summed E-state index contributed by atoms with van der Waals surface area (Å²) in [4.78, 5) is 5.06. The fraction of sp³-hybridized carbons (Fsp3) is 0.812. The van der Waals surface area contributed by atoms with Crippen molar-refractivity contribution < 1.29 is 9.26 Å². The third-order valence-electron chi connectivity index (χ3n) is 5.10. The minimum Gasteiger partial charge on any atom is -0.381 e. The van der Waals surface area contributed by atoms with E-state index in [-0.39, 0.29) is 0 Å². The lowest BCUT2D eigenvalue weighted by molar-refractivity contribution is 0.159. The molecule has 0 radical (unpaired) electrons. The molecule has 3 aliphatic heterocycles. The molecular formula is C16H25N3O2. The Morgan fingerprint density at radius 2 is 2.05 bits per heavy atom. The number of nitrogens with zero attached hydrogens (tertiary/aromatic N) is 3. The Labute approximate surface area is 126 Å². The van der Waals surface area contributed by atoms with Gasteiger partial charge in [-0.25, -0.2) is 0 Å². The molecule has 2 fully saturated rings. The van der Waals surface area contributed by atoms with Gasteiger partial charge in [-0.2, -0.15) is 0 Å². The summed E-state index contributed by atoms with van der Waals surface area (Å²) in [6.07, 6.45) is 4.88. The Balaban J connectivity index is 1.41. The van der Waals surface area contributed by atoms with E-state index in [9.17, 15) is 0 Å². The van der Waals surface area contributed by atoms with E-state index in [0.29, 0.717) is 5.92 Å². The summed E-state index contributed by atoms with van der Waals surface area (Å²) in [6, 6.07) is 0. The predicted octanol–water partition coefficient (Wildman–Crippen LogP) is 1.66. The third kappa shape index (κ3) is 3.00. The summed E-state index contributed by atoms with van der Waals surface area (Å²) >= 11 is 0. The number of ether oxygens (including phenoxy) is 1. The van der Waals surface area contributed by atoms with Crippen LogP contribution in [-0.4, -0.2) is 54.3 Å². The van der Waals surface area contributed by atoms with E-state index < -0.39 is 0 Å². The monoisotopic (exact) mass is 291 g/mol. The van der Waals surface area contributed by atoms with Crippen LogP contribution in [0.5, 0.6) is 0 Å². The van der Waals surface area contributed by atoms with Gasteiger partial charge in [-0.3, -0.25) is 9.80 Å². The normalized spacial score (nSPS) is 27.3. The Kier molecular flexibility index (Phi) is 3.97. The first-order valence-corrected chi connectivity index (χ1v) is 8.37. The summed E-state index contributed by atoms with van der Waals surface area (Å²) in [5, 5.41) is 4.36. The molecule has 3 aliphatic rings. The van der Waals surface area contributed by atoms with Crippen molar-refractivity contribution in [3.8, 4) is 0 Å². The highest BCUT2D eigenvalue weighted by atomic mass is 16.5. The number of hydrogen-bond donors (Lipinski definition) is 0. The van der Waals surface area contributed by atoms with E-state index in [1.165, 1.54) is 43.6 Å². The van der Waals surface area contributed by atoms with Gasteiger partial charge in [-0.05, 0) is 38.3 Å². The van der Waals surface area contributed by atoms with Crippen LogP contribution in [0.2, 0.25) is 0 Å². The maximum atomic E-state index is 5.59. The first-order valence-electron chi connectivity index (χ1n) is 8.37. The minimum atomic E-state index is 0.716. The van der Waals surface area contributed by atoms with Crippen molar-refractivity contribution in [2.24, 2.45) is 5.92 Å². The highest BCUT2D eigenvalue weighted by Gasteiger charge is 2.28. The molecule has 116 valence electrons. The van der Waals surface area contributed by atoms with Crippen molar-refractivity contribution in [1.82, 2.24) is 15.0 Å². The van der Waals surface area contributed by atoms with Crippen molar-refractivity contribution in [2.45, 2.75) is 38.8 Å². The van der Waals surface area contributed by atoms with Crippen molar-refractivity contribution >= 4 is 0 Å². The van der Waals surface area contributed by atoms with Gasteiger partial charge in [0.15, 0.2) is 0 Å². The zero-order chi connectivity index (χ0) is 14.1. The van der Waals surface area contributed by atoms with Crippen LogP contribution in [0.4, 0.5) is 0 Å². The van der Waals surface area contributed by atoms with Crippen LogP contribution in [0, 0.1) is 5.92 Å². The van der Waals surface area contributed by atoms with E-state index in [1.54, 1.807) is 0 Å². The minimum absolute atomic E-state index is 0.716. The zero-order valence-corrected chi connectivity index (χ0v) is 12.7. The lowest BCUT2D eigenvalue weighted by Crippen LogP contribution is -2.35. The maximum Gasteiger partial charge on any atom is 0.142 e. The molecule has 0 aromatic carbocycles. The van der Waals surface area contributed by atoms with E-state index in [0.717, 1.165) is 51.6 Å². The van der Waals surface area contributed by atoms with E-state index in [4.69, 9.17) is 9.26 Å². The number of fused-ring (bicyclic) bond motifs is 1. The van der Waals surface area contributed by atoms with Crippen molar-refractivity contribution in [2.75, 3.05) is 39.4 Å². The Bertz CT molecular complexity index is 476. The molecule has 4 rings (SSSR count). The summed E-state index contributed by atoms with van der Waals surface area (Å²) in [6.45, 7) is 8.55. The average Bonchev–Trinajstić information content (AvgIpc) is 3.22. The van der Waals surface area contributed by atoms with Gasteiger partial charge in [0.25, 0.3) is 0 Å². The first kappa shape index (κ1) is 13.7. The number of hydrogen-bond acceptors (Lipinski definition) is 5. The van der Waals surface area contributed by atoms with Crippen molar-refractivity contribution in [1.29, 1.82) is 0 Å². The van der Waals surface area contributed by atoms with Gasteiger partial charge in [0.05, 0.1) is 6.61 Å². The second-order valence-corrected chi connectivity index (χ2v) is 6.73. The van der Waals surface area contributed by atoms with Crippen LogP contribution in [0.1, 0.15) is 36.3 Å². The van der Waals surface area contributed by atoms with E-state index in [1.807, 2.05) is 0 Å². The summed E-state index contributed by atoms with van der Waals surface area (Å²) < 4.78 is 11.1. The fourth-order valence-electron chi connectivity index (χ4n) is 3.84. The van der Waals surface area contributed by atoms with E-state index in [2.05, 4.69) is 15.0 Å². The van der Waals surface area contributed by atoms with Crippen LogP contribution in [0.15, 0.2) is 4.52 Å². The molecule has 0 spiro atoms. The lowest BCUT2D eigenvalue weighted by atomic mass is 10.0. The topological polar surface area (TPSA) is 41.7 Å². The van der Waals surface area contributed by atoms with Crippen LogP contribution < -0.4 is 0 Å². The molecular weight excluding hydrogens is 266 g/mol. The van der Waals surface area contributed by atoms with Gasteiger partial charge >= 0.3 is 0 Å². The Morgan fingerprint density at radius 1 is 1.14 bits per heavy atom. The van der Waals surface area contributed by atoms with Gasteiger partial charge < -0.3 is 9.26 Å². The maximum absolute atomic E-state index is 5.59. The molecule has 2 saturated heterocycles. The summed E-state index contributed by atoms with van der Waals surface area (Å²) in [7, 11) is 0. The number of likely N-dealkylation sites (tertiary alicyclic amines) is 1. The highest BCUT2D eigenvalue weighted by Crippen LogP contribution is 2.26. The standard InChI is InChI=1S/C16H25N3O2/c1-2-6-18(5-1)11-15-14-10-19(7-3-16(14)21-17-15)9-13-4-8-20-12-13/h13H,1-12H2. The molecule has 1 aromatic rings. The predicted molar refractivity (Wildman–Crippen MR) is 78.9 cm³/mol. The lowest BCUT2D eigenvalue weighted by Gasteiger charge is -2.28. The quantitative estimate of drug-likeness (QED) is 0.844. The van der Waals surface area contributed by atoms with Crippen molar-refractivity contribution in [3.63, 3.8) is 0 Å². The largest absolute Gasteiger partial charge is 0.381 e. The molecule has 0 aliphatic carbocycles. The van der Waals surface area contributed by atoms with Gasteiger partial charge in [-0.1, -0.05) is 5.16 Å². The molecule has 0 saturated carbocycles. The molecule has 1 aromatic heterocycles. The molecule has 5 nitrogen and oxygen atoms in total. The smallest absolute Gasteiger partial charge is 0.142 e. The van der Waals surface area contributed by atoms with Crippen LogP contribution in [0.25, 0.3) is 0 Å². The van der Waals surface area contributed by atoms with Crippen molar-refractivity contribution in [3.05, 3.63) is 17.0 Å². The van der Waals surface area contributed by atoms with Gasteiger partial charge in [0, 0.05) is 44.8 Å².